The van der Waals surface area contributed by atoms with Gasteiger partial charge in [0.25, 0.3) is 11.8 Å². The number of aromatic nitrogens is 2. The molecule has 1 saturated heterocycles. The van der Waals surface area contributed by atoms with E-state index in [0.29, 0.717) is 54.0 Å². The lowest BCUT2D eigenvalue weighted by Gasteiger charge is -2.36. The van der Waals surface area contributed by atoms with Gasteiger partial charge in [-0.25, -0.2) is 4.98 Å². The van der Waals surface area contributed by atoms with Crippen molar-refractivity contribution in [3.63, 3.8) is 0 Å². The van der Waals surface area contributed by atoms with Crippen LogP contribution in [-0.2, 0) is 4.79 Å². The van der Waals surface area contributed by atoms with E-state index in [-0.39, 0.29) is 18.4 Å². The number of hydrogen-bond donors (Lipinski definition) is 0. The number of para-hydroxylation sites is 2. The molecule has 0 unspecified atom stereocenters. The van der Waals surface area contributed by atoms with Gasteiger partial charge in [0.2, 0.25) is 6.10 Å². The van der Waals surface area contributed by atoms with E-state index >= 15 is 0 Å². The summed E-state index contributed by atoms with van der Waals surface area (Å²) < 4.78 is 13.2. The van der Waals surface area contributed by atoms with Crippen molar-refractivity contribution in [2.45, 2.75) is 6.10 Å². The van der Waals surface area contributed by atoms with Crippen LogP contribution in [0.2, 0.25) is 5.02 Å². The molecule has 154 valence electrons. The molecule has 2 aromatic heterocycles. The summed E-state index contributed by atoms with van der Waals surface area (Å²) in [7, 11) is 0. The predicted molar refractivity (Wildman–Crippen MR) is 109 cm³/mol. The second kappa shape index (κ2) is 7.53. The third kappa shape index (κ3) is 3.43. The first-order chi connectivity index (χ1) is 14.6. The minimum absolute atomic E-state index is 0.126. The molecule has 0 radical (unpaired) electrons. The van der Waals surface area contributed by atoms with Gasteiger partial charge in [-0.05, 0) is 24.3 Å². The second-order valence-electron chi connectivity index (χ2n) is 7.22. The molecule has 0 aliphatic carbocycles. The van der Waals surface area contributed by atoms with E-state index in [0.717, 1.165) is 0 Å². The number of halogens is 1. The van der Waals surface area contributed by atoms with Crippen molar-refractivity contribution in [2.75, 3.05) is 32.8 Å². The van der Waals surface area contributed by atoms with Gasteiger partial charge in [-0.2, -0.15) is 0 Å². The molecule has 8 nitrogen and oxygen atoms in total. The smallest absolute Gasteiger partial charge is 0.274 e. The number of ether oxygens (including phenoxy) is 2. The molecule has 2 aliphatic heterocycles. The van der Waals surface area contributed by atoms with E-state index in [1.807, 2.05) is 18.2 Å². The predicted octanol–water partition coefficient (Wildman–Crippen LogP) is 2.11. The third-order valence-electron chi connectivity index (χ3n) is 5.30. The van der Waals surface area contributed by atoms with E-state index in [1.165, 1.54) is 0 Å². The van der Waals surface area contributed by atoms with Crippen molar-refractivity contribution in [1.82, 2.24) is 19.2 Å². The zero-order chi connectivity index (χ0) is 20.7. The summed E-state index contributed by atoms with van der Waals surface area (Å²) >= 11 is 5.99. The normalized spacial score (nSPS) is 18.5. The average Bonchev–Trinajstić information content (AvgIpc) is 3.21. The maximum atomic E-state index is 12.8. The number of amides is 2. The van der Waals surface area contributed by atoms with Gasteiger partial charge in [-0.15, -0.1) is 0 Å². The van der Waals surface area contributed by atoms with Gasteiger partial charge in [0.05, 0.1) is 5.02 Å². The molecule has 0 N–H and O–H groups in total. The van der Waals surface area contributed by atoms with Gasteiger partial charge in [-0.3, -0.25) is 9.59 Å². The molecule has 0 spiro atoms. The van der Waals surface area contributed by atoms with Crippen LogP contribution in [0.4, 0.5) is 0 Å². The van der Waals surface area contributed by atoms with Crippen LogP contribution in [0, 0.1) is 0 Å². The first-order valence-corrected chi connectivity index (χ1v) is 10.1. The summed E-state index contributed by atoms with van der Waals surface area (Å²) in [5, 5.41) is 0.572. The Kier molecular flexibility index (Phi) is 4.71. The third-order valence-corrected chi connectivity index (χ3v) is 5.52. The molecule has 1 atom stereocenters. The number of hydrogen-bond acceptors (Lipinski definition) is 5. The molecule has 2 amide bonds. The van der Waals surface area contributed by atoms with Crippen LogP contribution in [0.5, 0.6) is 11.5 Å². The fraction of sp³-hybridized carbons (Fsp3) is 0.286. The number of imidazole rings is 1. The van der Waals surface area contributed by atoms with Crippen LogP contribution in [0.15, 0.2) is 48.8 Å². The number of fused-ring (bicyclic) bond motifs is 2. The summed E-state index contributed by atoms with van der Waals surface area (Å²) in [4.78, 5) is 33.5. The molecule has 5 rings (SSSR count). The molecular weight excluding hydrogens is 408 g/mol. The van der Waals surface area contributed by atoms with Gasteiger partial charge in [0.1, 0.15) is 17.9 Å². The summed E-state index contributed by atoms with van der Waals surface area (Å²) in [5.41, 5.74) is 1.02. The molecular formula is C21H19ClN4O4. The monoisotopic (exact) mass is 426 g/mol. The van der Waals surface area contributed by atoms with E-state index in [4.69, 9.17) is 21.1 Å². The summed E-state index contributed by atoms with van der Waals surface area (Å²) in [6.07, 6.45) is 2.71. The first-order valence-electron chi connectivity index (χ1n) is 9.69. The van der Waals surface area contributed by atoms with Gasteiger partial charge < -0.3 is 23.7 Å². The van der Waals surface area contributed by atoms with Crippen LogP contribution >= 0.6 is 11.6 Å². The van der Waals surface area contributed by atoms with E-state index in [2.05, 4.69) is 4.98 Å². The maximum absolute atomic E-state index is 12.8. The lowest BCUT2D eigenvalue weighted by molar-refractivity contribution is -0.142. The molecule has 2 aliphatic rings. The minimum Gasteiger partial charge on any atom is -0.485 e. The summed E-state index contributed by atoms with van der Waals surface area (Å²) in [6.45, 7) is 1.92. The summed E-state index contributed by atoms with van der Waals surface area (Å²) in [5.74, 6) is 0.931. The molecule has 1 aromatic carbocycles. The minimum atomic E-state index is -0.676. The number of benzene rings is 1. The molecule has 0 saturated carbocycles. The van der Waals surface area contributed by atoms with Crippen LogP contribution in [0.1, 0.15) is 10.5 Å². The van der Waals surface area contributed by atoms with Gasteiger partial charge in [-0.1, -0.05) is 23.7 Å². The van der Waals surface area contributed by atoms with Gasteiger partial charge >= 0.3 is 0 Å². The van der Waals surface area contributed by atoms with Crippen LogP contribution in [-0.4, -0.2) is 69.9 Å². The van der Waals surface area contributed by atoms with Crippen molar-refractivity contribution in [3.05, 3.63) is 59.5 Å². The lowest BCUT2D eigenvalue weighted by Crippen LogP contribution is -2.55. The average molecular weight is 427 g/mol. The van der Waals surface area contributed by atoms with Crippen molar-refractivity contribution in [2.24, 2.45) is 0 Å². The van der Waals surface area contributed by atoms with Crippen molar-refractivity contribution in [1.29, 1.82) is 0 Å². The van der Waals surface area contributed by atoms with Crippen LogP contribution in [0.25, 0.3) is 5.65 Å². The largest absolute Gasteiger partial charge is 0.485 e. The van der Waals surface area contributed by atoms with Crippen LogP contribution in [0.3, 0.4) is 0 Å². The fourth-order valence-corrected chi connectivity index (χ4v) is 3.87. The van der Waals surface area contributed by atoms with Crippen LogP contribution < -0.4 is 9.47 Å². The standard InChI is InChI=1S/C21H19ClN4O4/c22-14-5-6-19-23-15(12-26(19)11-14)20(27)24-7-9-25(10-8-24)21(28)18-13-29-16-3-1-2-4-17(16)30-18/h1-6,11-12,18H,7-10,13H2/t18-/m0/s1. The molecule has 0 bridgehead atoms. The Hall–Kier alpha value is -3.26. The Balaban J connectivity index is 1.21. The SMILES string of the molecule is O=C(c1cn2cc(Cl)ccc2n1)N1CCN(C(=O)[C@@H]2COc3ccccc3O2)CC1. The number of nitrogens with zero attached hydrogens (tertiary/aromatic N) is 4. The van der Waals surface area contributed by atoms with E-state index < -0.39 is 6.10 Å². The Morgan fingerprint density at radius 3 is 2.50 bits per heavy atom. The van der Waals surface area contributed by atoms with Crippen molar-refractivity contribution in [3.8, 4) is 11.5 Å². The lowest BCUT2D eigenvalue weighted by atomic mass is 10.2. The maximum Gasteiger partial charge on any atom is 0.274 e. The number of piperazine rings is 1. The quantitative estimate of drug-likeness (QED) is 0.627. The summed E-state index contributed by atoms with van der Waals surface area (Å²) in [6, 6.07) is 10.8. The highest BCUT2D eigenvalue weighted by molar-refractivity contribution is 6.30. The highest BCUT2D eigenvalue weighted by Crippen LogP contribution is 2.31. The number of carbonyl (C=O) groups excluding carboxylic acids is 2. The fourth-order valence-electron chi connectivity index (χ4n) is 3.70. The number of rotatable bonds is 2. The molecule has 3 aromatic rings. The molecule has 1 fully saturated rings. The number of carbonyl (C=O) groups is 2. The van der Waals surface area contributed by atoms with Gasteiger partial charge in [0, 0.05) is 38.6 Å². The Bertz CT molecular complexity index is 1120. The van der Waals surface area contributed by atoms with Crippen molar-refractivity contribution < 1.29 is 19.1 Å². The molecule has 9 heteroatoms. The zero-order valence-electron chi connectivity index (χ0n) is 16.0. The topological polar surface area (TPSA) is 76.4 Å². The molecule has 30 heavy (non-hydrogen) atoms. The highest BCUT2D eigenvalue weighted by atomic mass is 35.5. The van der Waals surface area contributed by atoms with E-state index in [9.17, 15) is 9.59 Å². The highest BCUT2D eigenvalue weighted by Gasteiger charge is 2.33. The van der Waals surface area contributed by atoms with Gasteiger partial charge in [0.15, 0.2) is 11.5 Å². The first kappa shape index (κ1) is 18.7. The second-order valence-corrected chi connectivity index (χ2v) is 7.66. The zero-order valence-corrected chi connectivity index (χ0v) is 16.8. The molecule has 4 heterocycles. The Morgan fingerprint density at radius 2 is 1.70 bits per heavy atom. The Labute approximate surface area is 177 Å². The van der Waals surface area contributed by atoms with E-state index in [1.54, 1.807) is 44.8 Å². The number of pyridine rings is 1. The van der Waals surface area contributed by atoms with Crippen molar-refractivity contribution >= 4 is 29.1 Å². The Morgan fingerprint density at radius 1 is 0.967 bits per heavy atom.